The molecular weight excluding hydrogens is 274 g/mol. The first kappa shape index (κ1) is 14.6. The van der Waals surface area contributed by atoms with Crippen LogP contribution in [0.2, 0.25) is 0 Å². The highest BCUT2D eigenvalue weighted by atomic mass is 32.1. The molecule has 19 heavy (non-hydrogen) atoms. The summed E-state index contributed by atoms with van der Waals surface area (Å²) in [6, 6.07) is 2.19. The normalized spacial score (nSPS) is 11.1. The number of rotatable bonds is 8. The van der Waals surface area contributed by atoms with E-state index in [9.17, 15) is 0 Å². The van der Waals surface area contributed by atoms with Crippen LogP contribution < -0.4 is 5.32 Å². The largest absolute Gasteiger partial charge is 0.317 e. The standard InChI is InChI=1S/C14H21N3S2/c1-3-8-15-9-5-6-12-16-17-14(19-12)13-11(4-2)7-10-18-13/h7,10,15H,3-6,8-9H2,1-2H3. The van der Waals surface area contributed by atoms with E-state index in [1.165, 1.54) is 16.9 Å². The molecule has 1 N–H and O–H groups in total. The minimum absolute atomic E-state index is 1.03. The SMILES string of the molecule is CCCNCCCc1nnc(-c2sccc2CC)s1. The van der Waals surface area contributed by atoms with Gasteiger partial charge in [-0.05, 0) is 49.4 Å². The second-order valence-corrected chi connectivity index (χ2v) is 6.46. The molecule has 0 atom stereocenters. The molecule has 5 heteroatoms. The zero-order chi connectivity index (χ0) is 13.5. The smallest absolute Gasteiger partial charge is 0.158 e. The van der Waals surface area contributed by atoms with Crippen molar-refractivity contribution < 1.29 is 0 Å². The molecule has 0 aliphatic carbocycles. The van der Waals surface area contributed by atoms with Gasteiger partial charge in [0.2, 0.25) is 0 Å². The van der Waals surface area contributed by atoms with Gasteiger partial charge in [-0.3, -0.25) is 0 Å². The van der Waals surface area contributed by atoms with Crippen LogP contribution in [0.3, 0.4) is 0 Å². The number of nitrogens with one attached hydrogen (secondary N) is 1. The number of hydrogen-bond acceptors (Lipinski definition) is 5. The van der Waals surface area contributed by atoms with Crippen LogP contribution in [0.5, 0.6) is 0 Å². The Kier molecular flexibility index (Phi) is 5.94. The van der Waals surface area contributed by atoms with Gasteiger partial charge in [0, 0.05) is 6.42 Å². The van der Waals surface area contributed by atoms with Gasteiger partial charge in [-0.2, -0.15) is 0 Å². The molecule has 0 aliphatic rings. The fourth-order valence-electron chi connectivity index (χ4n) is 1.91. The lowest BCUT2D eigenvalue weighted by atomic mass is 10.2. The van der Waals surface area contributed by atoms with Crippen molar-refractivity contribution in [1.29, 1.82) is 0 Å². The van der Waals surface area contributed by atoms with E-state index in [2.05, 4.69) is 40.8 Å². The highest BCUT2D eigenvalue weighted by Crippen LogP contribution is 2.32. The second kappa shape index (κ2) is 7.72. The van der Waals surface area contributed by atoms with Crippen LogP contribution in [0, 0.1) is 0 Å². The van der Waals surface area contributed by atoms with Crippen molar-refractivity contribution in [1.82, 2.24) is 15.5 Å². The Morgan fingerprint density at radius 3 is 2.89 bits per heavy atom. The van der Waals surface area contributed by atoms with Crippen LogP contribution in [0.1, 0.15) is 37.3 Å². The highest BCUT2D eigenvalue weighted by molar-refractivity contribution is 7.20. The van der Waals surface area contributed by atoms with Gasteiger partial charge in [0.1, 0.15) is 5.01 Å². The average Bonchev–Trinajstić information content (AvgIpc) is 3.06. The lowest BCUT2D eigenvalue weighted by Gasteiger charge is -1.99. The Balaban J connectivity index is 1.88. The number of nitrogens with zero attached hydrogens (tertiary/aromatic N) is 2. The summed E-state index contributed by atoms with van der Waals surface area (Å²) in [6.07, 6.45) is 4.43. The molecule has 0 unspecified atom stereocenters. The summed E-state index contributed by atoms with van der Waals surface area (Å²) in [4.78, 5) is 1.30. The van der Waals surface area contributed by atoms with Gasteiger partial charge in [0.25, 0.3) is 0 Å². The van der Waals surface area contributed by atoms with Gasteiger partial charge >= 0.3 is 0 Å². The van der Waals surface area contributed by atoms with E-state index in [1.54, 1.807) is 22.7 Å². The fraction of sp³-hybridized carbons (Fsp3) is 0.571. The van der Waals surface area contributed by atoms with Crippen LogP contribution in [0.25, 0.3) is 9.88 Å². The topological polar surface area (TPSA) is 37.8 Å². The number of thiophene rings is 1. The highest BCUT2D eigenvalue weighted by Gasteiger charge is 2.11. The molecule has 0 bridgehead atoms. The summed E-state index contributed by atoms with van der Waals surface area (Å²) in [5.41, 5.74) is 1.39. The van der Waals surface area contributed by atoms with Crippen molar-refractivity contribution in [2.24, 2.45) is 0 Å². The third kappa shape index (κ3) is 4.09. The van der Waals surface area contributed by atoms with E-state index < -0.39 is 0 Å². The molecule has 0 saturated carbocycles. The Labute approximate surface area is 123 Å². The van der Waals surface area contributed by atoms with Crippen molar-refractivity contribution in [3.8, 4) is 9.88 Å². The summed E-state index contributed by atoms with van der Waals surface area (Å²) in [5.74, 6) is 0. The van der Waals surface area contributed by atoms with Crippen LogP contribution in [-0.4, -0.2) is 23.3 Å². The van der Waals surface area contributed by atoms with Gasteiger partial charge in [0.05, 0.1) is 4.88 Å². The van der Waals surface area contributed by atoms with E-state index in [4.69, 9.17) is 0 Å². The zero-order valence-electron chi connectivity index (χ0n) is 11.6. The number of hydrogen-bond donors (Lipinski definition) is 1. The zero-order valence-corrected chi connectivity index (χ0v) is 13.2. The molecule has 2 rings (SSSR count). The van der Waals surface area contributed by atoms with Gasteiger partial charge in [0.15, 0.2) is 5.01 Å². The van der Waals surface area contributed by atoms with Crippen molar-refractivity contribution in [2.75, 3.05) is 13.1 Å². The number of aromatic nitrogens is 2. The van der Waals surface area contributed by atoms with E-state index in [1.807, 2.05) is 0 Å². The lowest BCUT2D eigenvalue weighted by molar-refractivity contribution is 0.637. The van der Waals surface area contributed by atoms with E-state index in [0.29, 0.717) is 0 Å². The van der Waals surface area contributed by atoms with Crippen LogP contribution in [-0.2, 0) is 12.8 Å². The molecule has 104 valence electrons. The Bertz CT molecular complexity index is 490. The van der Waals surface area contributed by atoms with Gasteiger partial charge in [-0.25, -0.2) is 0 Å². The van der Waals surface area contributed by atoms with Gasteiger partial charge < -0.3 is 5.32 Å². The Hall–Kier alpha value is -0.780. The summed E-state index contributed by atoms with van der Waals surface area (Å²) in [6.45, 7) is 6.56. The van der Waals surface area contributed by atoms with Crippen molar-refractivity contribution in [3.05, 3.63) is 22.0 Å². The van der Waals surface area contributed by atoms with Crippen molar-refractivity contribution in [2.45, 2.75) is 39.5 Å². The maximum Gasteiger partial charge on any atom is 0.158 e. The van der Waals surface area contributed by atoms with Crippen LogP contribution in [0.4, 0.5) is 0 Å². The molecule has 2 aromatic heterocycles. The first-order valence-corrected chi connectivity index (χ1v) is 8.64. The van der Waals surface area contributed by atoms with Crippen LogP contribution in [0.15, 0.2) is 11.4 Å². The summed E-state index contributed by atoms with van der Waals surface area (Å²) < 4.78 is 0. The van der Waals surface area contributed by atoms with Gasteiger partial charge in [-0.1, -0.05) is 25.2 Å². The minimum Gasteiger partial charge on any atom is -0.317 e. The first-order chi connectivity index (χ1) is 9.35. The first-order valence-electron chi connectivity index (χ1n) is 6.95. The Morgan fingerprint density at radius 2 is 2.11 bits per heavy atom. The maximum absolute atomic E-state index is 4.34. The third-order valence-electron chi connectivity index (χ3n) is 2.96. The monoisotopic (exact) mass is 295 g/mol. The molecule has 2 aromatic rings. The molecule has 0 fully saturated rings. The molecule has 0 spiro atoms. The molecule has 0 amide bonds. The molecule has 2 heterocycles. The van der Waals surface area contributed by atoms with Crippen LogP contribution >= 0.6 is 22.7 Å². The quantitative estimate of drug-likeness (QED) is 0.754. The van der Waals surface area contributed by atoms with Gasteiger partial charge in [-0.15, -0.1) is 21.5 Å². The summed E-state index contributed by atoms with van der Waals surface area (Å²) in [7, 11) is 0. The van der Waals surface area contributed by atoms with E-state index in [-0.39, 0.29) is 0 Å². The molecule has 0 aromatic carbocycles. The molecular formula is C14H21N3S2. The summed E-state index contributed by atoms with van der Waals surface area (Å²) in [5, 5.41) is 16.5. The Morgan fingerprint density at radius 1 is 1.21 bits per heavy atom. The molecule has 0 radical (unpaired) electrons. The summed E-state index contributed by atoms with van der Waals surface area (Å²) >= 11 is 3.52. The van der Waals surface area contributed by atoms with E-state index in [0.717, 1.165) is 42.4 Å². The fourth-order valence-corrected chi connectivity index (χ4v) is 3.91. The molecule has 0 aliphatic heterocycles. The van der Waals surface area contributed by atoms with E-state index >= 15 is 0 Å². The van der Waals surface area contributed by atoms with Crippen molar-refractivity contribution in [3.63, 3.8) is 0 Å². The molecule has 0 saturated heterocycles. The minimum atomic E-state index is 1.03. The lowest BCUT2D eigenvalue weighted by Crippen LogP contribution is -2.16. The average molecular weight is 295 g/mol. The van der Waals surface area contributed by atoms with Crippen molar-refractivity contribution >= 4 is 22.7 Å². The third-order valence-corrected chi connectivity index (χ3v) is 5.05. The predicted octanol–water partition coefficient (Wildman–Crippen LogP) is 3.76. The maximum atomic E-state index is 4.34. The predicted molar refractivity (Wildman–Crippen MR) is 84.1 cm³/mol. The second-order valence-electron chi connectivity index (χ2n) is 4.48. The number of aryl methyl sites for hydroxylation is 2. The molecule has 3 nitrogen and oxygen atoms in total.